The first-order chi connectivity index (χ1) is 11.4. The Morgan fingerprint density at radius 3 is 1.78 bits per heavy atom. The summed E-state index contributed by atoms with van der Waals surface area (Å²) in [6.07, 6.45) is 0. The maximum absolute atomic E-state index is 5.88. The van der Waals surface area contributed by atoms with Gasteiger partial charge in [0.25, 0.3) is 0 Å². The number of hydrogen-bond acceptors (Lipinski definition) is 2. The third kappa shape index (κ3) is 4.97. The number of benzene rings is 3. The van der Waals surface area contributed by atoms with E-state index >= 15 is 0 Å². The minimum atomic E-state index is 0.532. The van der Waals surface area contributed by atoms with Crippen LogP contribution in [0.3, 0.4) is 0 Å². The van der Waals surface area contributed by atoms with Gasteiger partial charge in [-0.05, 0) is 17.2 Å². The van der Waals surface area contributed by atoms with Gasteiger partial charge in [-0.15, -0.1) is 0 Å². The van der Waals surface area contributed by atoms with Crippen LogP contribution >= 0.6 is 0 Å². The summed E-state index contributed by atoms with van der Waals surface area (Å²) in [6, 6.07) is 31.8. The van der Waals surface area contributed by atoms with Gasteiger partial charge in [0.05, 0.1) is 0 Å². The monoisotopic (exact) mass is 302 g/mol. The van der Waals surface area contributed by atoms with Gasteiger partial charge < -0.3 is 4.74 Å². The summed E-state index contributed by atoms with van der Waals surface area (Å²) in [4.78, 5) is 2.28. The SMILES string of the molecule is [c]1ccccc1OCN(Cc1ccccc1)Cc1ccccc1. The predicted octanol–water partition coefficient (Wildman–Crippen LogP) is 4.53. The van der Waals surface area contributed by atoms with Gasteiger partial charge >= 0.3 is 0 Å². The van der Waals surface area contributed by atoms with Crippen molar-refractivity contribution in [3.05, 3.63) is 102 Å². The molecule has 0 atom stereocenters. The lowest BCUT2D eigenvalue weighted by molar-refractivity contribution is 0.112. The molecule has 0 N–H and O–H groups in total. The Morgan fingerprint density at radius 1 is 0.696 bits per heavy atom. The molecule has 0 unspecified atom stereocenters. The van der Waals surface area contributed by atoms with Crippen LogP contribution in [-0.2, 0) is 13.1 Å². The molecule has 3 rings (SSSR count). The van der Waals surface area contributed by atoms with Gasteiger partial charge in [0.1, 0.15) is 12.5 Å². The van der Waals surface area contributed by atoms with Crippen molar-refractivity contribution < 1.29 is 4.74 Å². The first kappa shape index (κ1) is 15.3. The second kappa shape index (κ2) is 8.16. The normalized spacial score (nSPS) is 10.7. The molecule has 2 nitrogen and oxygen atoms in total. The van der Waals surface area contributed by atoms with Gasteiger partial charge in [0.2, 0.25) is 0 Å². The molecule has 0 aliphatic rings. The van der Waals surface area contributed by atoms with E-state index in [-0.39, 0.29) is 0 Å². The summed E-state index contributed by atoms with van der Waals surface area (Å²) in [5.41, 5.74) is 2.56. The van der Waals surface area contributed by atoms with Crippen LogP contribution in [0.25, 0.3) is 0 Å². The van der Waals surface area contributed by atoms with E-state index in [0.717, 1.165) is 18.8 Å². The average Bonchev–Trinajstić information content (AvgIpc) is 2.62. The molecule has 3 aromatic carbocycles. The van der Waals surface area contributed by atoms with Crippen molar-refractivity contribution in [1.82, 2.24) is 4.90 Å². The van der Waals surface area contributed by atoms with E-state index in [1.165, 1.54) is 11.1 Å². The van der Waals surface area contributed by atoms with E-state index in [4.69, 9.17) is 4.74 Å². The van der Waals surface area contributed by atoms with Crippen molar-refractivity contribution in [3.63, 3.8) is 0 Å². The predicted molar refractivity (Wildman–Crippen MR) is 92.9 cm³/mol. The highest BCUT2D eigenvalue weighted by atomic mass is 16.5. The van der Waals surface area contributed by atoms with E-state index in [0.29, 0.717) is 6.73 Å². The highest BCUT2D eigenvalue weighted by molar-refractivity contribution is 5.20. The lowest BCUT2D eigenvalue weighted by Crippen LogP contribution is -2.27. The Balaban J connectivity index is 1.67. The first-order valence-corrected chi connectivity index (χ1v) is 7.80. The van der Waals surface area contributed by atoms with Crippen molar-refractivity contribution in [1.29, 1.82) is 0 Å². The van der Waals surface area contributed by atoms with E-state index < -0.39 is 0 Å². The van der Waals surface area contributed by atoms with Crippen LogP contribution in [0.1, 0.15) is 11.1 Å². The molecule has 0 aliphatic heterocycles. The average molecular weight is 302 g/mol. The fraction of sp³-hybridized carbons (Fsp3) is 0.143. The Morgan fingerprint density at radius 2 is 1.26 bits per heavy atom. The summed E-state index contributed by atoms with van der Waals surface area (Å²) in [6.45, 7) is 2.23. The van der Waals surface area contributed by atoms with Crippen molar-refractivity contribution in [3.8, 4) is 5.75 Å². The fourth-order valence-corrected chi connectivity index (χ4v) is 2.46. The van der Waals surface area contributed by atoms with Gasteiger partial charge in [-0.1, -0.05) is 78.9 Å². The second-order valence-corrected chi connectivity index (χ2v) is 5.46. The molecule has 3 aromatic rings. The fourth-order valence-electron chi connectivity index (χ4n) is 2.46. The molecule has 1 radical (unpaired) electrons. The third-order valence-electron chi connectivity index (χ3n) is 3.58. The number of nitrogens with zero attached hydrogens (tertiary/aromatic N) is 1. The van der Waals surface area contributed by atoms with E-state index in [1.54, 1.807) is 0 Å². The standard InChI is InChI=1S/C21H20NO/c1-4-10-19(11-5-1)16-22(17-20-12-6-2-7-13-20)18-23-21-14-8-3-9-15-21/h1-14H,16-18H2. The van der Waals surface area contributed by atoms with Gasteiger partial charge in [-0.3, -0.25) is 4.90 Å². The molecule has 0 saturated heterocycles. The van der Waals surface area contributed by atoms with Crippen LogP contribution in [0, 0.1) is 6.07 Å². The van der Waals surface area contributed by atoms with Crippen LogP contribution in [0.5, 0.6) is 5.75 Å². The largest absolute Gasteiger partial charge is 0.477 e. The summed E-state index contributed by atoms with van der Waals surface area (Å²) in [5.74, 6) is 0.777. The second-order valence-electron chi connectivity index (χ2n) is 5.46. The van der Waals surface area contributed by atoms with Crippen LogP contribution in [-0.4, -0.2) is 11.6 Å². The smallest absolute Gasteiger partial charge is 0.142 e. The van der Waals surface area contributed by atoms with E-state index in [9.17, 15) is 0 Å². The maximum Gasteiger partial charge on any atom is 0.142 e. The molecule has 0 aromatic heterocycles. The zero-order chi connectivity index (χ0) is 15.7. The Kier molecular flexibility index (Phi) is 5.43. The highest BCUT2D eigenvalue weighted by Crippen LogP contribution is 2.13. The number of rotatable bonds is 7. The minimum Gasteiger partial charge on any atom is -0.477 e. The van der Waals surface area contributed by atoms with Gasteiger partial charge in [-0.25, -0.2) is 0 Å². The highest BCUT2D eigenvalue weighted by Gasteiger charge is 2.08. The summed E-state index contributed by atoms with van der Waals surface area (Å²) in [5, 5.41) is 0. The summed E-state index contributed by atoms with van der Waals surface area (Å²) in [7, 11) is 0. The molecule has 0 bridgehead atoms. The first-order valence-electron chi connectivity index (χ1n) is 7.80. The van der Waals surface area contributed by atoms with Crippen LogP contribution < -0.4 is 4.74 Å². The third-order valence-corrected chi connectivity index (χ3v) is 3.58. The van der Waals surface area contributed by atoms with Crippen molar-refractivity contribution in [2.45, 2.75) is 13.1 Å². The molecule has 0 amide bonds. The van der Waals surface area contributed by atoms with Gasteiger partial charge in [0.15, 0.2) is 0 Å². The molecular weight excluding hydrogens is 282 g/mol. The molecule has 0 fully saturated rings. The Labute approximate surface area is 138 Å². The maximum atomic E-state index is 5.88. The van der Waals surface area contributed by atoms with Crippen LogP contribution in [0.15, 0.2) is 84.9 Å². The van der Waals surface area contributed by atoms with Crippen molar-refractivity contribution in [2.75, 3.05) is 6.73 Å². The number of hydrogen-bond donors (Lipinski definition) is 0. The van der Waals surface area contributed by atoms with Crippen molar-refractivity contribution >= 4 is 0 Å². The minimum absolute atomic E-state index is 0.532. The molecule has 2 heteroatoms. The van der Waals surface area contributed by atoms with Gasteiger partial charge in [0, 0.05) is 19.2 Å². The summed E-state index contributed by atoms with van der Waals surface area (Å²) >= 11 is 0. The zero-order valence-corrected chi connectivity index (χ0v) is 13.1. The zero-order valence-electron chi connectivity index (χ0n) is 13.1. The van der Waals surface area contributed by atoms with Crippen LogP contribution in [0.4, 0.5) is 0 Å². The molecule has 23 heavy (non-hydrogen) atoms. The number of ether oxygens (including phenoxy) is 1. The van der Waals surface area contributed by atoms with Crippen LogP contribution in [0.2, 0.25) is 0 Å². The Hall–Kier alpha value is -2.58. The number of para-hydroxylation sites is 1. The quantitative estimate of drug-likeness (QED) is 0.595. The molecule has 0 saturated carbocycles. The lowest BCUT2D eigenvalue weighted by atomic mass is 10.2. The van der Waals surface area contributed by atoms with E-state index in [2.05, 4.69) is 59.5 Å². The van der Waals surface area contributed by atoms with E-state index in [1.807, 2.05) is 36.4 Å². The summed E-state index contributed by atoms with van der Waals surface area (Å²) < 4.78 is 5.88. The molecule has 115 valence electrons. The molecule has 0 heterocycles. The molecular formula is C21H20NO. The molecule has 0 aliphatic carbocycles. The van der Waals surface area contributed by atoms with Gasteiger partial charge in [-0.2, -0.15) is 0 Å². The lowest BCUT2D eigenvalue weighted by Gasteiger charge is -2.22. The Bertz CT molecular complexity index is 641. The molecule has 0 spiro atoms. The van der Waals surface area contributed by atoms with Crippen molar-refractivity contribution in [2.24, 2.45) is 0 Å². The topological polar surface area (TPSA) is 12.5 Å².